The van der Waals surface area contributed by atoms with Gasteiger partial charge in [-0.05, 0) is 24.3 Å². The number of nitriles is 1. The van der Waals surface area contributed by atoms with Crippen molar-refractivity contribution in [2.75, 3.05) is 7.05 Å². The van der Waals surface area contributed by atoms with E-state index in [1.54, 1.807) is 6.19 Å². The molecule has 0 saturated carbocycles. The highest BCUT2D eigenvalue weighted by atomic mass is 35.7. The molecule has 16 heavy (non-hydrogen) atoms. The van der Waals surface area contributed by atoms with E-state index in [4.69, 9.17) is 15.9 Å². The van der Waals surface area contributed by atoms with Gasteiger partial charge in [0, 0.05) is 23.3 Å². The molecule has 1 aromatic carbocycles. The van der Waals surface area contributed by atoms with Crippen LogP contribution in [0.3, 0.4) is 0 Å². The molecule has 0 aliphatic rings. The number of hydrogen-bond donors (Lipinski definition) is 0. The van der Waals surface area contributed by atoms with Gasteiger partial charge in [-0.3, -0.25) is 4.79 Å². The quantitative estimate of drug-likeness (QED) is 0.453. The maximum atomic E-state index is 11.5. The minimum absolute atomic E-state index is 0.0923. The molecule has 0 heterocycles. The van der Waals surface area contributed by atoms with Gasteiger partial charge in [-0.25, -0.2) is 13.3 Å². The summed E-state index contributed by atoms with van der Waals surface area (Å²) in [6.07, 6.45) is 1.65. The summed E-state index contributed by atoms with van der Waals surface area (Å²) in [5, 5.41) is 8.49. The second-order valence-corrected chi connectivity index (χ2v) is 5.49. The summed E-state index contributed by atoms with van der Waals surface area (Å²) in [5.41, 5.74) is 0.216. The summed E-state index contributed by atoms with van der Waals surface area (Å²) in [5.74, 6) is -0.513. The van der Waals surface area contributed by atoms with Crippen molar-refractivity contribution in [3.63, 3.8) is 0 Å². The molecule has 0 spiro atoms. The Morgan fingerprint density at radius 1 is 1.38 bits per heavy atom. The Kier molecular flexibility index (Phi) is 3.52. The van der Waals surface area contributed by atoms with Crippen LogP contribution >= 0.6 is 10.7 Å². The summed E-state index contributed by atoms with van der Waals surface area (Å²) in [6.45, 7) is 0. The molecule has 1 aromatic rings. The van der Waals surface area contributed by atoms with Gasteiger partial charge in [0.25, 0.3) is 15.0 Å². The van der Waals surface area contributed by atoms with Crippen molar-refractivity contribution in [2.24, 2.45) is 0 Å². The molecular weight excluding hydrogens is 252 g/mol. The average Bonchev–Trinajstić information content (AvgIpc) is 2.26. The molecule has 84 valence electrons. The molecular formula is C9H7ClN2O3S. The van der Waals surface area contributed by atoms with Crippen LogP contribution in [0.1, 0.15) is 10.4 Å². The Bertz CT molecular complexity index is 545. The Balaban J connectivity index is 3.06. The maximum Gasteiger partial charge on any atom is 0.266 e. The zero-order chi connectivity index (χ0) is 12.3. The minimum Gasteiger partial charge on any atom is -0.268 e. The van der Waals surface area contributed by atoms with E-state index in [9.17, 15) is 13.2 Å². The molecule has 0 bridgehead atoms. The Morgan fingerprint density at radius 3 is 2.25 bits per heavy atom. The fraction of sp³-hybridized carbons (Fsp3) is 0.111. The van der Waals surface area contributed by atoms with Crippen molar-refractivity contribution >= 4 is 25.6 Å². The van der Waals surface area contributed by atoms with E-state index in [0.29, 0.717) is 0 Å². The van der Waals surface area contributed by atoms with Crippen LogP contribution in [0.15, 0.2) is 29.2 Å². The molecule has 0 fully saturated rings. The zero-order valence-electron chi connectivity index (χ0n) is 8.21. The zero-order valence-corrected chi connectivity index (χ0v) is 9.79. The largest absolute Gasteiger partial charge is 0.268 e. The van der Waals surface area contributed by atoms with Gasteiger partial charge in [-0.15, -0.1) is 0 Å². The summed E-state index contributed by atoms with van der Waals surface area (Å²) < 4.78 is 21.8. The van der Waals surface area contributed by atoms with Crippen LogP contribution in [0.2, 0.25) is 0 Å². The smallest absolute Gasteiger partial charge is 0.266 e. The molecule has 0 aromatic heterocycles. The van der Waals surface area contributed by atoms with Gasteiger partial charge in [0.1, 0.15) is 0 Å². The number of halogens is 1. The first-order chi connectivity index (χ1) is 7.36. The SMILES string of the molecule is CN(C#N)C(=O)c1ccc(S(=O)(=O)Cl)cc1. The van der Waals surface area contributed by atoms with E-state index in [2.05, 4.69) is 0 Å². The highest BCUT2D eigenvalue weighted by Crippen LogP contribution is 2.15. The van der Waals surface area contributed by atoms with E-state index < -0.39 is 15.0 Å². The number of benzene rings is 1. The lowest BCUT2D eigenvalue weighted by Gasteiger charge is -2.06. The molecule has 0 atom stereocenters. The fourth-order valence-corrected chi connectivity index (χ4v) is 1.77. The molecule has 5 nitrogen and oxygen atoms in total. The standard InChI is InChI=1S/C9H7ClN2O3S/c1-12(6-11)9(13)7-2-4-8(5-3-7)16(10,14)15/h2-5H,1H3. The van der Waals surface area contributed by atoms with E-state index in [1.807, 2.05) is 0 Å². The highest BCUT2D eigenvalue weighted by Gasteiger charge is 2.13. The number of carbonyl (C=O) groups is 1. The molecule has 0 aliphatic heterocycles. The Hall–Kier alpha value is -1.58. The average molecular weight is 259 g/mol. The lowest BCUT2D eigenvalue weighted by atomic mass is 10.2. The first-order valence-electron chi connectivity index (χ1n) is 4.09. The van der Waals surface area contributed by atoms with Crippen LogP contribution < -0.4 is 0 Å². The molecule has 0 saturated heterocycles. The van der Waals surface area contributed by atoms with Crippen LogP contribution in [0, 0.1) is 11.5 Å². The fourth-order valence-electron chi connectivity index (χ4n) is 0.999. The third-order valence-corrected chi connectivity index (χ3v) is 3.21. The monoisotopic (exact) mass is 258 g/mol. The first-order valence-corrected chi connectivity index (χ1v) is 6.39. The number of nitrogens with zero attached hydrogens (tertiary/aromatic N) is 2. The van der Waals surface area contributed by atoms with Gasteiger partial charge in [-0.1, -0.05) is 0 Å². The van der Waals surface area contributed by atoms with E-state index in [0.717, 1.165) is 4.90 Å². The van der Waals surface area contributed by atoms with Crippen molar-refractivity contribution in [3.05, 3.63) is 29.8 Å². The molecule has 7 heteroatoms. The van der Waals surface area contributed by atoms with Crippen molar-refractivity contribution in [1.82, 2.24) is 4.90 Å². The summed E-state index contributed by atoms with van der Waals surface area (Å²) >= 11 is 0. The van der Waals surface area contributed by atoms with Crippen molar-refractivity contribution in [2.45, 2.75) is 4.90 Å². The van der Waals surface area contributed by atoms with Gasteiger partial charge < -0.3 is 0 Å². The maximum absolute atomic E-state index is 11.5. The number of amides is 1. The topological polar surface area (TPSA) is 78.2 Å². The lowest BCUT2D eigenvalue weighted by molar-refractivity contribution is 0.0858. The predicted octanol–water partition coefficient (Wildman–Crippen LogP) is 1.17. The molecule has 0 N–H and O–H groups in total. The van der Waals surface area contributed by atoms with Crippen LogP contribution in [-0.4, -0.2) is 26.3 Å². The van der Waals surface area contributed by atoms with Crippen LogP contribution in [0.5, 0.6) is 0 Å². The number of hydrogen-bond acceptors (Lipinski definition) is 4. The minimum atomic E-state index is -3.79. The van der Waals surface area contributed by atoms with Gasteiger partial charge in [-0.2, -0.15) is 5.26 Å². The van der Waals surface area contributed by atoms with Gasteiger partial charge in [0.05, 0.1) is 4.90 Å². The van der Waals surface area contributed by atoms with E-state index in [1.165, 1.54) is 31.3 Å². The summed E-state index contributed by atoms with van der Waals surface area (Å²) in [4.78, 5) is 12.2. The number of carbonyl (C=O) groups excluding carboxylic acids is 1. The molecule has 1 rings (SSSR count). The Labute approximate surface area is 97.3 Å². The second kappa shape index (κ2) is 4.51. The summed E-state index contributed by atoms with van der Waals surface area (Å²) in [6, 6.07) is 5.01. The van der Waals surface area contributed by atoms with E-state index >= 15 is 0 Å². The normalized spacial score (nSPS) is 10.6. The number of rotatable bonds is 2. The third kappa shape index (κ3) is 2.72. The van der Waals surface area contributed by atoms with Crippen molar-refractivity contribution < 1.29 is 13.2 Å². The van der Waals surface area contributed by atoms with Gasteiger partial charge in [0.2, 0.25) is 0 Å². The second-order valence-electron chi connectivity index (χ2n) is 2.93. The molecule has 0 radical (unpaired) electrons. The molecule has 1 amide bonds. The first kappa shape index (κ1) is 12.5. The van der Waals surface area contributed by atoms with E-state index in [-0.39, 0.29) is 10.5 Å². The lowest BCUT2D eigenvalue weighted by Crippen LogP contribution is -2.21. The summed E-state index contributed by atoms with van der Waals surface area (Å²) in [7, 11) is 2.63. The molecule has 0 unspecified atom stereocenters. The predicted molar refractivity (Wildman–Crippen MR) is 57.2 cm³/mol. The van der Waals surface area contributed by atoms with Gasteiger partial charge in [0.15, 0.2) is 6.19 Å². The van der Waals surface area contributed by atoms with Crippen LogP contribution in [0.25, 0.3) is 0 Å². The van der Waals surface area contributed by atoms with Crippen molar-refractivity contribution in [3.8, 4) is 6.19 Å². The highest BCUT2D eigenvalue weighted by molar-refractivity contribution is 8.13. The van der Waals surface area contributed by atoms with Crippen LogP contribution in [-0.2, 0) is 9.05 Å². The third-order valence-electron chi connectivity index (χ3n) is 1.84. The molecule has 0 aliphatic carbocycles. The Morgan fingerprint density at radius 2 is 1.88 bits per heavy atom. The van der Waals surface area contributed by atoms with Gasteiger partial charge >= 0.3 is 0 Å². The van der Waals surface area contributed by atoms with Crippen LogP contribution in [0.4, 0.5) is 0 Å². The van der Waals surface area contributed by atoms with Crippen molar-refractivity contribution in [1.29, 1.82) is 5.26 Å².